The van der Waals surface area contributed by atoms with E-state index in [0.717, 1.165) is 12.6 Å². The highest BCUT2D eigenvalue weighted by Crippen LogP contribution is 2.25. The van der Waals surface area contributed by atoms with Crippen LogP contribution in [0.1, 0.15) is 19.8 Å². The number of piperidine rings is 1. The van der Waals surface area contributed by atoms with Gasteiger partial charge < -0.3 is 14.8 Å². The van der Waals surface area contributed by atoms with Crippen LogP contribution in [0.25, 0.3) is 0 Å². The molecule has 0 amide bonds. The van der Waals surface area contributed by atoms with Crippen molar-refractivity contribution in [3.05, 3.63) is 24.0 Å². The fourth-order valence-corrected chi connectivity index (χ4v) is 4.01. The summed E-state index contributed by atoms with van der Waals surface area (Å²) in [5, 5.41) is 3.26. The molecular weight excluding hydrogens is 359 g/mol. The molecule has 1 fully saturated rings. The second-order valence-corrected chi connectivity index (χ2v) is 7.31. The van der Waals surface area contributed by atoms with Gasteiger partial charge in [0.15, 0.2) is 0 Å². The summed E-state index contributed by atoms with van der Waals surface area (Å²) in [6, 6.07) is 3.54. The van der Waals surface area contributed by atoms with Gasteiger partial charge in [0.05, 0.1) is 6.61 Å². The van der Waals surface area contributed by atoms with Gasteiger partial charge in [-0.25, -0.2) is 17.5 Å². The van der Waals surface area contributed by atoms with Crippen LogP contribution in [0.4, 0.5) is 4.39 Å². The third-order valence-electron chi connectivity index (χ3n) is 3.69. The van der Waals surface area contributed by atoms with Crippen molar-refractivity contribution >= 4 is 22.4 Å². The number of hydrogen-bond acceptors (Lipinski definition) is 5. The molecule has 24 heavy (non-hydrogen) atoms. The summed E-state index contributed by atoms with van der Waals surface area (Å²) in [4.78, 5) is -0.181. The Hall–Kier alpha value is -0.930. The maximum Gasteiger partial charge on any atom is 0.244 e. The number of methoxy groups -OCH3 is 1. The fourth-order valence-electron chi connectivity index (χ4n) is 2.57. The quantitative estimate of drug-likeness (QED) is 0.702. The van der Waals surface area contributed by atoms with E-state index in [0.29, 0.717) is 19.4 Å². The topological polar surface area (TPSA) is 76.7 Å². The monoisotopic (exact) mass is 382 g/mol. The first-order valence-electron chi connectivity index (χ1n) is 7.59. The summed E-state index contributed by atoms with van der Waals surface area (Å²) in [6.45, 7) is 3.25. The molecule has 1 aliphatic rings. The molecule has 138 valence electrons. The maximum atomic E-state index is 13.5. The fraction of sp³-hybridized carbons (Fsp3) is 0.600. The summed E-state index contributed by atoms with van der Waals surface area (Å²) in [6.07, 6.45) is 1.38. The van der Waals surface area contributed by atoms with Gasteiger partial charge in [0.25, 0.3) is 0 Å². The van der Waals surface area contributed by atoms with Crippen LogP contribution in [-0.2, 0) is 14.8 Å². The molecule has 0 bridgehead atoms. The predicted molar refractivity (Wildman–Crippen MR) is 91.8 cm³/mol. The van der Waals surface area contributed by atoms with Gasteiger partial charge in [-0.1, -0.05) is 0 Å². The molecule has 6 nitrogen and oxygen atoms in total. The Morgan fingerprint density at radius 1 is 1.38 bits per heavy atom. The lowest BCUT2D eigenvalue weighted by Crippen LogP contribution is -2.46. The number of ether oxygens (including phenoxy) is 2. The number of benzene rings is 1. The van der Waals surface area contributed by atoms with Crippen molar-refractivity contribution in [3.63, 3.8) is 0 Å². The SMILES string of the molecule is COCCOc1ccc(F)cc1S(=O)(=O)NC1CCNC(C)C1.Cl. The van der Waals surface area contributed by atoms with Crippen molar-refractivity contribution in [1.29, 1.82) is 0 Å². The Kier molecular flexibility index (Phi) is 8.38. The van der Waals surface area contributed by atoms with E-state index in [4.69, 9.17) is 9.47 Å². The number of sulfonamides is 1. The molecule has 0 aliphatic carbocycles. The van der Waals surface area contributed by atoms with Crippen molar-refractivity contribution in [2.75, 3.05) is 26.9 Å². The van der Waals surface area contributed by atoms with Gasteiger partial charge in [0, 0.05) is 19.2 Å². The van der Waals surface area contributed by atoms with Crippen LogP contribution < -0.4 is 14.8 Å². The van der Waals surface area contributed by atoms with Crippen LogP contribution in [-0.4, -0.2) is 47.4 Å². The molecular formula is C15H24ClFN2O4S. The Balaban J connectivity index is 0.00000288. The van der Waals surface area contributed by atoms with Gasteiger partial charge in [0.2, 0.25) is 10.0 Å². The van der Waals surface area contributed by atoms with Crippen LogP contribution in [0.15, 0.2) is 23.1 Å². The first kappa shape index (κ1) is 21.1. The van der Waals surface area contributed by atoms with E-state index in [9.17, 15) is 12.8 Å². The molecule has 2 unspecified atom stereocenters. The maximum absolute atomic E-state index is 13.5. The summed E-state index contributed by atoms with van der Waals surface area (Å²) < 4.78 is 51.7. The van der Waals surface area contributed by atoms with Crippen molar-refractivity contribution in [1.82, 2.24) is 10.0 Å². The van der Waals surface area contributed by atoms with Crippen LogP contribution in [0, 0.1) is 5.82 Å². The lowest BCUT2D eigenvalue weighted by Gasteiger charge is -2.28. The number of halogens is 2. The van der Waals surface area contributed by atoms with E-state index in [-0.39, 0.29) is 41.7 Å². The lowest BCUT2D eigenvalue weighted by atomic mass is 10.0. The molecule has 1 aromatic carbocycles. The smallest absolute Gasteiger partial charge is 0.244 e. The van der Waals surface area contributed by atoms with E-state index < -0.39 is 15.8 Å². The van der Waals surface area contributed by atoms with Crippen molar-refractivity contribution in [3.8, 4) is 5.75 Å². The predicted octanol–water partition coefficient (Wildman–Crippen LogP) is 1.69. The van der Waals surface area contributed by atoms with Gasteiger partial charge in [0.1, 0.15) is 23.1 Å². The Morgan fingerprint density at radius 3 is 2.79 bits per heavy atom. The summed E-state index contributed by atoms with van der Waals surface area (Å²) >= 11 is 0. The van der Waals surface area contributed by atoms with Gasteiger partial charge in [-0.15, -0.1) is 12.4 Å². The van der Waals surface area contributed by atoms with E-state index >= 15 is 0 Å². The number of nitrogens with one attached hydrogen (secondary N) is 2. The van der Waals surface area contributed by atoms with Crippen molar-refractivity contribution < 1.29 is 22.3 Å². The Morgan fingerprint density at radius 2 is 2.12 bits per heavy atom. The van der Waals surface area contributed by atoms with Crippen molar-refractivity contribution in [2.45, 2.75) is 36.7 Å². The Labute approximate surface area is 148 Å². The average Bonchev–Trinajstić information content (AvgIpc) is 2.48. The zero-order chi connectivity index (χ0) is 16.9. The largest absolute Gasteiger partial charge is 0.490 e. The van der Waals surface area contributed by atoms with Crippen LogP contribution in [0.2, 0.25) is 0 Å². The normalized spacial score (nSPS) is 21.1. The number of rotatable bonds is 7. The third kappa shape index (κ3) is 5.86. The standard InChI is InChI=1S/C15H23FN2O4S.ClH/c1-11-9-13(5-6-17-11)18-23(19,20)15-10-12(16)3-4-14(15)22-8-7-21-2;/h3-4,10-11,13,17-18H,5-9H2,1-2H3;1H. The van der Waals surface area contributed by atoms with Gasteiger partial charge in [-0.3, -0.25) is 0 Å². The first-order valence-corrected chi connectivity index (χ1v) is 9.07. The van der Waals surface area contributed by atoms with Gasteiger partial charge >= 0.3 is 0 Å². The Bertz CT molecular complexity index is 630. The zero-order valence-electron chi connectivity index (χ0n) is 13.7. The van der Waals surface area contributed by atoms with Crippen molar-refractivity contribution in [2.24, 2.45) is 0 Å². The summed E-state index contributed by atoms with van der Waals surface area (Å²) in [7, 11) is -2.34. The molecule has 1 heterocycles. The van der Waals surface area contributed by atoms with Crippen LogP contribution >= 0.6 is 12.4 Å². The molecule has 0 aromatic heterocycles. The van der Waals surface area contributed by atoms with E-state index in [1.165, 1.54) is 19.2 Å². The highest BCUT2D eigenvalue weighted by molar-refractivity contribution is 7.89. The second kappa shape index (κ2) is 9.53. The lowest BCUT2D eigenvalue weighted by molar-refractivity contribution is 0.144. The second-order valence-electron chi connectivity index (χ2n) is 5.63. The highest BCUT2D eigenvalue weighted by Gasteiger charge is 2.27. The molecule has 0 spiro atoms. The molecule has 1 saturated heterocycles. The van der Waals surface area contributed by atoms with E-state index in [1.54, 1.807) is 0 Å². The van der Waals surface area contributed by atoms with Gasteiger partial charge in [-0.05, 0) is 44.5 Å². The van der Waals surface area contributed by atoms with E-state index in [2.05, 4.69) is 10.0 Å². The molecule has 2 N–H and O–H groups in total. The summed E-state index contributed by atoms with van der Waals surface area (Å²) in [5.74, 6) is -0.499. The molecule has 2 atom stereocenters. The highest BCUT2D eigenvalue weighted by atomic mass is 35.5. The third-order valence-corrected chi connectivity index (χ3v) is 5.23. The molecule has 1 aliphatic heterocycles. The zero-order valence-corrected chi connectivity index (χ0v) is 15.4. The van der Waals surface area contributed by atoms with Gasteiger partial charge in [-0.2, -0.15) is 0 Å². The number of hydrogen-bond donors (Lipinski definition) is 2. The molecule has 9 heteroatoms. The molecule has 1 aromatic rings. The first-order chi connectivity index (χ1) is 10.9. The molecule has 2 rings (SSSR count). The minimum atomic E-state index is -3.86. The minimum absolute atomic E-state index is 0. The van der Waals surface area contributed by atoms with Crippen LogP contribution in [0.5, 0.6) is 5.75 Å². The minimum Gasteiger partial charge on any atom is -0.490 e. The molecule has 0 saturated carbocycles. The summed E-state index contributed by atoms with van der Waals surface area (Å²) in [5.41, 5.74) is 0. The van der Waals surface area contributed by atoms with E-state index in [1.807, 2.05) is 6.92 Å². The molecule has 0 radical (unpaired) electrons. The van der Waals surface area contributed by atoms with Crippen LogP contribution in [0.3, 0.4) is 0 Å². The average molecular weight is 383 g/mol.